The van der Waals surface area contributed by atoms with E-state index >= 15 is 0 Å². The van der Waals surface area contributed by atoms with Crippen LogP contribution in [-0.2, 0) is 23.2 Å². The molecule has 4 rings (SSSR count). The number of benzene rings is 1. The van der Waals surface area contributed by atoms with Crippen molar-refractivity contribution in [2.24, 2.45) is 0 Å². The van der Waals surface area contributed by atoms with Crippen LogP contribution in [0.15, 0.2) is 42.6 Å². The molecule has 3 aromatic rings. The summed E-state index contributed by atoms with van der Waals surface area (Å²) in [5.41, 5.74) is 2.49. The molecular formula is C29H33F3N6O. The van der Waals surface area contributed by atoms with Gasteiger partial charge in [0, 0.05) is 43.6 Å². The first kappa shape index (κ1) is 28.4. The maximum atomic E-state index is 13.4. The quantitative estimate of drug-likeness (QED) is 0.313. The van der Waals surface area contributed by atoms with Gasteiger partial charge >= 0.3 is 6.18 Å². The number of hydrogen-bond acceptors (Lipinski definition) is 6. The molecule has 1 aliphatic rings. The van der Waals surface area contributed by atoms with E-state index < -0.39 is 18.1 Å². The zero-order valence-corrected chi connectivity index (χ0v) is 22.2. The Hall–Kier alpha value is -3.57. The standard InChI is InChI=1S/C29H33F3N6O/c1-28(2,20-33)27-8-6-24(19-36-27)35-9-3-4-25-17-23-16-22(5-7-26(23)38(25)21-29(30,31)32)18-34-10-11-37-12-14-39-15-13-37/h5-8,16-17,19,34-35H,9-15,18,21H2,1-2H3. The predicted molar refractivity (Wildman–Crippen MR) is 145 cm³/mol. The maximum absolute atomic E-state index is 13.4. The number of morpholine rings is 1. The molecular weight excluding hydrogens is 505 g/mol. The van der Waals surface area contributed by atoms with Gasteiger partial charge in [-0.1, -0.05) is 12.0 Å². The van der Waals surface area contributed by atoms with Crippen LogP contribution in [0.3, 0.4) is 0 Å². The van der Waals surface area contributed by atoms with Gasteiger partial charge in [0.25, 0.3) is 0 Å². The Morgan fingerprint density at radius 1 is 1.10 bits per heavy atom. The van der Waals surface area contributed by atoms with Gasteiger partial charge in [-0.05, 0) is 55.7 Å². The number of rotatable bonds is 9. The van der Waals surface area contributed by atoms with Gasteiger partial charge < -0.3 is 19.9 Å². The predicted octanol–water partition coefficient (Wildman–Crippen LogP) is 4.29. The highest BCUT2D eigenvalue weighted by Gasteiger charge is 2.29. The van der Waals surface area contributed by atoms with Gasteiger partial charge in [-0.3, -0.25) is 9.88 Å². The first-order valence-electron chi connectivity index (χ1n) is 12.9. The second-order valence-electron chi connectivity index (χ2n) is 10.1. The molecule has 0 spiro atoms. The summed E-state index contributed by atoms with van der Waals surface area (Å²) in [6, 6.07) is 13.0. The first-order chi connectivity index (χ1) is 18.6. The third-order valence-corrected chi connectivity index (χ3v) is 6.62. The molecule has 39 heavy (non-hydrogen) atoms. The number of fused-ring (bicyclic) bond motifs is 1. The molecule has 1 aromatic carbocycles. The second-order valence-corrected chi connectivity index (χ2v) is 10.1. The Kier molecular flexibility index (Phi) is 9.13. The minimum absolute atomic E-state index is 0.231. The zero-order valence-electron chi connectivity index (χ0n) is 22.2. The van der Waals surface area contributed by atoms with Crippen molar-refractivity contribution in [2.75, 3.05) is 51.3 Å². The number of alkyl halides is 3. The molecule has 2 N–H and O–H groups in total. The topological polar surface area (TPSA) is 78.1 Å². The van der Waals surface area contributed by atoms with Crippen molar-refractivity contribution in [3.8, 4) is 17.9 Å². The van der Waals surface area contributed by atoms with Crippen molar-refractivity contribution in [3.63, 3.8) is 0 Å². The third kappa shape index (κ3) is 7.96. The summed E-state index contributed by atoms with van der Waals surface area (Å²) in [7, 11) is 0. The molecule has 0 radical (unpaired) electrons. The van der Waals surface area contributed by atoms with Crippen LogP contribution in [0.1, 0.15) is 30.8 Å². The lowest BCUT2D eigenvalue weighted by molar-refractivity contribution is -0.140. The number of aromatic nitrogens is 2. The Morgan fingerprint density at radius 2 is 1.90 bits per heavy atom. The fraction of sp³-hybridized carbons (Fsp3) is 0.448. The molecule has 3 heterocycles. The maximum Gasteiger partial charge on any atom is 0.406 e. The van der Waals surface area contributed by atoms with Crippen molar-refractivity contribution in [2.45, 2.75) is 38.5 Å². The van der Waals surface area contributed by atoms with E-state index in [4.69, 9.17) is 4.74 Å². The fourth-order valence-electron chi connectivity index (χ4n) is 4.38. The summed E-state index contributed by atoms with van der Waals surface area (Å²) >= 11 is 0. The van der Waals surface area contributed by atoms with E-state index in [1.165, 1.54) is 4.57 Å². The molecule has 0 bridgehead atoms. The van der Waals surface area contributed by atoms with Crippen molar-refractivity contribution >= 4 is 16.6 Å². The largest absolute Gasteiger partial charge is 0.406 e. The van der Waals surface area contributed by atoms with Gasteiger partial charge in [0.1, 0.15) is 6.54 Å². The van der Waals surface area contributed by atoms with Gasteiger partial charge in [0.05, 0.1) is 54.5 Å². The van der Waals surface area contributed by atoms with E-state index in [9.17, 15) is 18.4 Å². The fourth-order valence-corrected chi connectivity index (χ4v) is 4.38. The Balaban J connectivity index is 1.42. The second kappa shape index (κ2) is 12.5. The highest BCUT2D eigenvalue weighted by Crippen LogP contribution is 2.26. The molecule has 0 aliphatic carbocycles. The molecule has 2 aromatic heterocycles. The summed E-state index contributed by atoms with van der Waals surface area (Å²) < 4.78 is 46.7. The summed E-state index contributed by atoms with van der Waals surface area (Å²) in [4.78, 5) is 6.67. The molecule has 1 fully saturated rings. The van der Waals surface area contributed by atoms with Gasteiger partial charge in [0.15, 0.2) is 0 Å². The Bertz CT molecular complexity index is 1360. The number of pyridine rings is 1. The Morgan fingerprint density at radius 3 is 2.59 bits per heavy atom. The minimum atomic E-state index is -4.37. The van der Waals surface area contributed by atoms with Crippen LogP contribution in [0.25, 0.3) is 10.9 Å². The first-order valence-corrected chi connectivity index (χ1v) is 12.9. The van der Waals surface area contributed by atoms with Crippen LogP contribution >= 0.6 is 0 Å². The van der Waals surface area contributed by atoms with E-state index in [-0.39, 0.29) is 6.54 Å². The van der Waals surface area contributed by atoms with Crippen molar-refractivity contribution in [1.82, 2.24) is 19.8 Å². The van der Waals surface area contributed by atoms with Crippen molar-refractivity contribution in [3.05, 3.63) is 59.5 Å². The average Bonchev–Trinajstić information content (AvgIpc) is 3.24. The minimum Gasteiger partial charge on any atom is -0.379 e. The summed E-state index contributed by atoms with van der Waals surface area (Å²) in [5, 5.41) is 16.5. The molecule has 1 saturated heterocycles. The van der Waals surface area contributed by atoms with Crippen LogP contribution in [0, 0.1) is 23.2 Å². The van der Waals surface area contributed by atoms with E-state index in [2.05, 4.69) is 38.4 Å². The summed E-state index contributed by atoms with van der Waals surface area (Å²) in [6.07, 6.45) is -2.75. The lowest BCUT2D eigenvalue weighted by atomic mass is 9.91. The number of anilines is 1. The molecule has 1 aliphatic heterocycles. The van der Waals surface area contributed by atoms with Crippen LogP contribution in [0.5, 0.6) is 0 Å². The van der Waals surface area contributed by atoms with E-state index in [0.717, 1.165) is 50.3 Å². The lowest BCUT2D eigenvalue weighted by Crippen LogP contribution is -2.40. The highest BCUT2D eigenvalue weighted by atomic mass is 19.4. The number of nitrogens with one attached hydrogen (secondary N) is 2. The van der Waals surface area contributed by atoms with Gasteiger partial charge in [-0.2, -0.15) is 18.4 Å². The van der Waals surface area contributed by atoms with Gasteiger partial charge in [-0.25, -0.2) is 0 Å². The molecule has 7 nitrogen and oxygen atoms in total. The number of ether oxygens (including phenoxy) is 1. The van der Waals surface area contributed by atoms with Crippen molar-refractivity contribution < 1.29 is 17.9 Å². The molecule has 0 atom stereocenters. The van der Waals surface area contributed by atoms with Crippen LogP contribution in [0.4, 0.5) is 18.9 Å². The smallest absolute Gasteiger partial charge is 0.379 e. The van der Waals surface area contributed by atoms with Gasteiger partial charge in [0.2, 0.25) is 0 Å². The SMILES string of the molecule is CC(C)(C#N)c1ccc(NCC#Cc2cc3cc(CNCCN4CCOCC4)ccc3n2CC(F)(F)F)cn1. The number of nitriles is 1. The van der Waals surface area contributed by atoms with Crippen LogP contribution in [-0.4, -0.2) is 66.6 Å². The highest BCUT2D eigenvalue weighted by molar-refractivity contribution is 5.83. The number of halogens is 3. The average molecular weight is 539 g/mol. The van der Waals surface area contributed by atoms with Gasteiger partial charge in [-0.15, -0.1) is 0 Å². The molecule has 0 saturated carbocycles. The third-order valence-electron chi connectivity index (χ3n) is 6.62. The van der Waals surface area contributed by atoms with E-state index in [0.29, 0.717) is 29.1 Å². The number of hydrogen-bond donors (Lipinski definition) is 2. The monoisotopic (exact) mass is 538 g/mol. The summed E-state index contributed by atoms with van der Waals surface area (Å²) in [5.74, 6) is 5.83. The molecule has 206 valence electrons. The normalized spacial score (nSPS) is 14.6. The van der Waals surface area contributed by atoms with E-state index in [1.807, 2.05) is 12.1 Å². The molecule has 0 amide bonds. The lowest BCUT2D eigenvalue weighted by Gasteiger charge is -2.26. The molecule has 0 unspecified atom stereocenters. The summed E-state index contributed by atoms with van der Waals surface area (Å²) in [6.45, 7) is 8.49. The van der Waals surface area contributed by atoms with Crippen LogP contribution < -0.4 is 10.6 Å². The van der Waals surface area contributed by atoms with Crippen LogP contribution in [0.2, 0.25) is 0 Å². The zero-order chi connectivity index (χ0) is 27.9. The Labute approximate surface area is 227 Å². The van der Waals surface area contributed by atoms with Crippen molar-refractivity contribution in [1.29, 1.82) is 5.26 Å². The molecule has 10 heteroatoms. The number of nitrogens with zero attached hydrogens (tertiary/aromatic N) is 4. The van der Waals surface area contributed by atoms with E-state index in [1.54, 1.807) is 44.3 Å².